The third-order valence-corrected chi connectivity index (χ3v) is 7.76. The predicted molar refractivity (Wildman–Crippen MR) is 125 cm³/mol. The van der Waals surface area contributed by atoms with Gasteiger partial charge in [0.25, 0.3) is 0 Å². The van der Waals surface area contributed by atoms with Crippen molar-refractivity contribution in [2.24, 2.45) is 4.99 Å². The molecule has 1 heterocycles. The van der Waals surface area contributed by atoms with Crippen molar-refractivity contribution >= 4 is 26.1 Å². The molecule has 0 N–H and O–H groups in total. The minimum absolute atomic E-state index is 0.0781. The van der Waals surface area contributed by atoms with E-state index in [2.05, 4.69) is 63.2 Å². The monoisotopic (exact) mass is 395 g/mol. The van der Waals surface area contributed by atoms with E-state index in [0.29, 0.717) is 0 Å². The number of rotatable bonds is 9. The van der Waals surface area contributed by atoms with E-state index in [4.69, 9.17) is 9.73 Å². The Kier molecular flexibility index (Phi) is 7.50. The second-order valence-electron chi connectivity index (χ2n) is 7.57. The highest BCUT2D eigenvalue weighted by molar-refractivity contribution is 8.29. The summed E-state index contributed by atoms with van der Waals surface area (Å²) < 4.78 is 5.72. The number of aryl methyl sites for hydroxylation is 1. The van der Waals surface area contributed by atoms with Gasteiger partial charge in [0.05, 0.1) is 7.11 Å². The van der Waals surface area contributed by atoms with Crippen LogP contribution in [0.1, 0.15) is 69.9 Å². The van der Waals surface area contributed by atoms with Crippen LogP contribution in [-0.4, -0.2) is 17.0 Å². The van der Waals surface area contributed by atoms with Crippen LogP contribution in [0.15, 0.2) is 52.4 Å². The highest BCUT2D eigenvalue weighted by atomic mass is 32.2. The Morgan fingerprint density at radius 2 is 1.68 bits per heavy atom. The maximum Gasteiger partial charge on any atom is 0.148 e. The number of ether oxygens (including phenoxy) is 1. The van der Waals surface area contributed by atoms with E-state index in [1.807, 2.05) is 0 Å². The predicted octanol–water partition coefficient (Wildman–Crippen LogP) is 7.67. The van der Waals surface area contributed by atoms with E-state index in [-0.39, 0.29) is 10.5 Å². The quantitative estimate of drug-likeness (QED) is 0.315. The van der Waals surface area contributed by atoms with Crippen molar-refractivity contribution in [1.82, 2.24) is 0 Å². The van der Waals surface area contributed by atoms with Gasteiger partial charge in [0.15, 0.2) is 0 Å². The van der Waals surface area contributed by atoms with Gasteiger partial charge >= 0.3 is 0 Å². The smallest absolute Gasteiger partial charge is 0.148 e. The van der Waals surface area contributed by atoms with Crippen molar-refractivity contribution in [3.8, 4) is 5.75 Å². The Hall–Kier alpha value is -1.87. The maximum atomic E-state index is 5.72. The number of hydrogen-bond acceptors (Lipinski definition) is 2. The largest absolute Gasteiger partial charge is 0.494 e. The third-order valence-electron chi connectivity index (χ3n) is 5.37. The van der Waals surface area contributed by atoms with Crippen LogP contribution in [0.5, 0.6) is 5.75 Å². The number of methoxy groups -OCH3 is 1. The Balaban J connectivity index is 1.92. The summed E-state index contributed by atoms with van der Waals surface area (Å²) in [6, 6.07) is 15.1. The van der Waals surface area contributed by atoms with Gasteiger partial charge in [0, 0.05) is 10.5 Å². The molecule has 0 radical (unpaired) electrons. The van der Waals surface area contributed by atoms with E-state index < -0.39 is 0 Å². The number of fused-ring (bicyclic) bond motifs is 1. The molecule has 0 aliphatic carbocycles. The molecule has 0 aromatic heterocycles. The summed E-state index contributed by atoms with van der Waals surface area (Å²) in [4.78, 5) is 7.98. The zero-order valence-electron chi connectivity index (χ0n) is 17.8. The summed E-state index contributed by atoms with van der Waals surface area (Å²) >= 11 is 0. The molecule has 1 aliphatic rings. The Bertz CT molecular complexity index is 868. The van der Waals surface area contributed by atoms with Gasteiger partial charge in [0.2, 0.25) is 0 Å². The zero-order chi connectivity index (χ0) is 19.9. The molecule has 3 rings (SSSR count). The average Bonchev–Trinajstić information content (AvgIpc) is 3.10. The van der Waals surface area contributed by atoms with Crippen LogP contribution in [0.3, 0.4) is 0 Å². The molecule has 0 saturated heterocycles. The maximum absolute atomic E-state index is 5.72. The number of aliphatic imine (C=N–C) groups is 1. The van der Waals surface area contributed by atoms with Gasteiger partial charge in [-0.05, 0) is 43.2 Å². The lowest BCUT2D eigenvalue weighted by molar-refractivity contribution is 0.412. The molecule has 0 bridgehead atoms. The minimum Gasteiger partial charge on any atom is -0.494 e. The summed E-state index contributed by atoms with van der Waals surface area (Å²) in [6.45, 7) is 6.70. The van der Waals surface area contributed by atoms with Crippen LogP contribution < -0.4 is 4.74 Å². The second-order valence-corrected chi connectivity index (χ2v) is 9.71. The first-order valence-corrected chi connectivity index (χ1v) is 11.8. The first kappa shape index (κ1) is 20.9. The van der Waals surface area contributed by atoms with E-state index in [9.17, 15) is 0 Å². The summed E-state index contributed by atoms with van der Waals surface area (Å²) in [6.07, 6.45) is 9.19. The molecule has 2 nitrogen and oxygen atoms in total. The number of hydrogen-bond donors (Lipinski definition) is 0. The highest BCUT2D eigenvalue weighted by Crippen LogP contribution is 2.51. The summed E-state index contributed by atoms with van der Waals surface area (Å²) in [5.41, 5.74) is 3.41. The molecule has 1 aliphatic heterocycles. The Morgan fingerprint density at radius 1 is 0.964 bits per heavy atom. The molecule has 0 spiro atoms. The van der Waals surface area contributed by atoms with Crippen LogP contribution >= 0.6 is 10.5 Å². The standard InChI is InChI=1S/C25H33NOS/c1-5-6-7-8-9-11-14-20(3)28-22-18-17-19(2)24(27-4)23(22)26-25(28)21-15-12-10-13-16-21/h10,12-13,15-18H,5-9,11,14H2,1-4H3. The fraction of sp³-hybridized carbons (Fsp3) is 0.440. The fourth-order valence-corrected chi connectivity index (χ4v) is 6.16. The van der Waals surface area contributed by atoms with Gasteiger partial charge in [-0.1, -0.05) is 75.4 Å². The van der Waals surface area contributed by atoms with Crippen LogP contribution in [0.2, 0.25) is 0 Å². The first-order valence-electron chi connectivity index (χ1n) is 10.6. The lowest BCUT2D eigenvalue weighted by Crippen LogP contribution is -2.01. The summed E-state index contributed by atoms with van der Waals surface area (Å²) in [5.74, 6) is 0.924. The molecule has 2 aromatic rings. The van der Waals surface area contributed by atoms with Crippen LogP contribution in [-0.2, 0) is 0 Å². The molecule has 0 amide bonds. The van der Waals surface area contributed by atoms with Crippen molar-refractivity contribution in [3.63, 3.8) is 0 Å². The van der Waals surface area contributed by atoms with Crippen molar-refractivity contribution in [1.29, 1.82) is 0 Å². The zero-order valence-corrected chi connectivity index (χ0v) is 18.6. The number of benzene rings is 2. The van der Waals surface area contributed by atoms with Crippen LogP contribution in [0.4, 0.5) is 5.69 Å². The molecule has 0 saturated carbocycles. The van der Waals surface area contributed by atoms with Gasteiger partial charge in [-0.2, -0.15) is 0 Å². The molecule has 150 valence electrons. The lowest BCUT2D eigenvalue weighted by atomic mass is 10.1. The van der Waals surface area contributed by atoms with Crippen LogP contribution in [0.25, 0.3) is 0 Å². The fourth-order valence-electron chi connectivity index (χ4n) is 3.81. The summed E-state index contributed by atoms with van der Waals surface area (Å²) in [5, 5.41) is 1.20. The minimum atomic E-state index is -0.0781. The van der Waals surface area contributed by atoms with Gasteiger partial charge in [-0.15, -0.1) is 10.5 Å². The molecular formula is C25H33NOS. The van der Waals surface area contributed by atoms with Crippen molar-refractivity contribution in [2.75, 3.05) is 7.11 Å². The highest BCUT2D eigenvalue weighted by Gasteiger charge is 2.26. The molecular weight excluding hydrogens is 362 g/mol. The summed E-state index contributed by atoms with van der Waals surface area (Å²) in [7, 11) is 1.68. The molecule has 1 unspecified atom stereocenters. The van der Waals surface area contributed by atoms with Gasteiger partial charge in [0.1, 0.15) is 16.5 Å². The van der Waals surface area contributed by atoms with E-state index in [1.54, 1.807) is 12.0 Å². The average molecular weight is 396 g/mol. The van der Waals surface area contributed by atoms with Gasteiger partial charge in [-0.25, -0.2) is 4.99 Å². The third kappa shape index (κ3) is 4.57. The number of unbranched alkanes of at least 4 members (excludes halogenated alkanes) is 5. The van der Waals surface area contributed by atoms with E-state index in [0.717, 1.165) is 17.0 Å². The normalized spacial score (nSPS) is 15.9. The van der Waals surface area contributed by atoms with Crippen molar-refractivity contribution in [3.05, 3.63) is 53.6 Å². The number of nitrogens with zero attached hydrogens (tertiary/aromatic N) is 1. The SMILES string of the molecule is CCCCCCCCC(C)=S1C(c2ccccc2)=Nc2c1ccc(C)c2OC. The molecule has 3 heteroatoms. The van der Waals surface area contributed by atoms with Crippen molar-refractivity contribution in [2.45, 2.75) is 70.6 Å². The van der Waals surface area contributed by atoms with Crippen LogP contribution in [0, 0.1) is 6.92 Å². The molecule has 0 fully saturated rings. The molecule has 28 heavy (non-hydrogen) atoms. The van der Waals surface area contributed by atoms with E-state index in [1.165, 1.54) is 60.4 Å². The van der Waals surface area contributed by atoms with E-state index >= 15 is 0 Å². The molecule has 2 aromatic carbocycles. The molecule has 1 atom stereocenters. The second kappa shape index (κ2) is 10.1. The lowest BCUT2D eigenvalue weighted by Gasteiger charge is -2.14. The Labute approximate surface area is 173 Å². The topological polar surface area (TPSA) is 21.6 Å². The first-order chi connectivity index (χ1) is 13.7. The van der Waals surface area contributed by atoms with Gasteiger partial charge < -0.3 is 4.74 Å². The van der Waals surface area contributed by atoms with Crippen molar-refractivity contribution < 1.29 is 4.74 Å². The van der Waals surface area contributed by atoms with Gasteiger partial charge in [-0.3, -0.25) is 0 Å². The Morgan fingerprint density at radius 3 is 2.39 bits per heavy atom.